The van der Waals surface area contributed by atoms with E-state index >= 15 is 0 Å². The Bertz CT molecular complexity index is 332. The van der Waals surface area contributed by atoms with Crippen LogP contribution < -0.4 is 4.74 Å². The van der Waals surface area contributed by atoms with E-state index in [0.717, 1.165) is 17.7 Å². The molecule has 1 rings (SSSR count). The molecule has 0 aliphatic carbocycles. The normalized spacial score (nSPS) is 10.8. The van der Waals surface area contributed by atoms with Gasteiger partial charge in [-0.3, -0.25) is 0 Å². The molecule has 0 atom stereocenters. The molecule has 0 radical (unpaired) electrons. The van der Waals surface area contributed by atoms with E-state index in [1.165, 1.54) is 16.7 Å². The lowest BCUT2D eigenvalue weighted by molar-refractivity contribution is 0.269. The van der Waals surface area contributed by atoms with Crippen LogP contribution in [0.5, 0.6) is 5.75 Å². The second-order valence-corrected chi connectivity index (χ2v) is 4.96. The number of ether oxygens (including phenoxy) is 1. The second-order valence-electron chi connectivity index (χ2n) is 4.40. The summed E-state index contributed by atoms with van der Waals surface area (Å²) in [7, 11) is 0. The zero-order valence-electron chi connectivity index (χ0n) is 9.93. The van der Waals surface area contributed by atoms with Gasteiger partial charge in [-0.25, -0.2) is 0 Å². The lowest BCUT2D eigenvalue weighted by atomic mass is 10.1. The molecule has 2 heteroatoms. The van der Waals surface area contributed by atoms with Gasteiger partial charge in [-0.15, -0.1) is 0 Å². The highest BCUT2D eigenvalue weighted by atomic mass is 79.9. The Morgan fingerprint density at radius 1 is 1.27 bits per heavy atom. The summed E-state index contributed by atoms with van der Waals surface area (Å²) in [5.41, 5.74) is 3.82. The molecule has 1 aromatic carbocycles. The van der Waals surface area contributed by atoms with E-state index in [4.69, 9.17) is 4.74 Å². The first-order valence-electron chi connectivity index (χ1n) is 5.33. The van der Waals surface area contributed by atoms with Crippen LogP contribution >= 0.6 is 15.9 Å². The van der Waals surface area contributed by atoms with Gasteiger partial charge >= 0.3 is 0 Å². The van der Waals surface area contributed by atoms with Crippen LogP contribution in [0.25, 0.3) is 0 Å². The van der Waals surface area contributed by atoms with E-state index in [2.05, 4.69) is 55.8 Å². The Morgan fingerprint density at radius 3 is 2.47 bits per heavy atom. The smallest absolute Gasteiger partial charge is 0.123 e. The molecular formula is C13H19BrO. The van der Waals surface area contributed by atoms with Crippen LogP contribution in [0.3, 0.4) is 0 Å². The second kappa shape index (κ2) is 5.55. The van der Waals surface area contributed by atoms with E-state index in [1.54, 1.807) is 0 Å². The number of alkyl halides is 1. The summed E-state index contributed by atoms with van der Waals surface area (Å²) in [6, 6.07) is 4.31. The molecule has 0 unspecified atom stereocenters. The third-order valence-corrected chi connectivity index (χ3v) is 2.84. The zero-order chi connectivity index (χ0) is 11.4. The molecule has 0 bridgehead atoms. The van der Waals surface area contributed by atoms with Gasteiger partial charge in [-0.2, -0.15) is 0 Å². The van der Waals surface area contributed by atoms with Crippen molar-refractivity contribution in [3.05, 3.63) is 28.8 Å². The molecule has 0 aromatic heterocycles. The van der Waals surface area contributed by atoms with Crippen LogP contribution in [-0.4, -0.2) is 6.61 Å². The standard InChI is InChI=1S/C13H19BrO/c1-9(2)8-15-13-6-10(3)5-11(4)12(13)7-14/h5-6,9H,7-8H2,1-4H3. The van der Waals surface area contributed by atoms with Crippen LogP contribution in [-0.2, 0) is 5.33 Å². The summed E-state index contributed by atoms with van der Waals surface area (Å²) in [6.07, 6.45) is 0. The minimum absolute atomic E-state index is 0.564. The van der Waals surface area contributed by atoms with Crippen LogP contribution in [0.2, 0.25) is 0 Å². The Kier molecular flexibility index (Phi) is 4.65. The maximum Gasteiger partial charge on any atom is 0.123 e. The summed E-state index contributed by atoms with van der Waals surface area (Å²) >= 11 is 3.51. The highest BCUT2D eigenvalue weighted by Crippen LogP contribution is 2.26. The van der Waals surface area contributed by atoms with E-state index < -0.39 is 0 Å². The van der Waals surface area contributed by atoms with Gasteiger partial charge in [0, 0.05) is 10.9 Å². The van der Waals surface area contributed by atoms with E-state index in [1.807, 2.05) is 0 Å². The average molecular weight is 271 g/mol. The van der Waals surface area contributed by atoms with Gasteiger partial charge in [0.15, 0.2) is 0 Å². The van der Waals surface area contributed by atoms with Crippen molar-refractivity contribution in [3.63, 3.8) is 0 Å². The molecule has 0 aliphatic heterocycles. The minimum Gasteiger partial charge on any atom is -0.493 e. The first-order valence-corrected chi connectivity index (χ1v) is 6.45. The molecule has 15 heavy (non-hydrogen) atoms. The molecule has 0 aliphatic rings. The van der Waals surface area contributed by atoms with Crippen LogP contribution in [0, 0.1) is 19.8 Å². The predicted molar refractivity (Wildman–Crippen MR) is 68.9 cm³/mol. The highest BCUT2D eigenvalue weighted by molar-refractivity contribution is 9.08. The molecule has 0 saturated heterocycles. The van der Waals surface area contributed by atoms with Crippen molar-refractivity contribution in [3.8, 4) is 5.75 Å². The Labute approximate surface area is 101 Å². The minimum atomic E-state index is 0.564. The lowest BCUT2D eigenvalue weighted by Gasteiger charge is -2.14. The van der Waals surface area contributed by atoms with Gasteiger partial charge in [-0.1, -0.05) is 35.8 Å². The van der Waals surface area contributed by atoms with E-state index in [-0.39, 0.29) is 0 Å². The molecule has 0 N–H and O–H groups in total. The van der Waals surface area contributed by atoms with Gasteiger partial charge in [-0.05, 0) is 37.0 Å². The topological polar surface area (TPSA) is 9.23 Å². The van der Waals surface area contributed by atoms with Gasteiger partial charge < -0.3 is 4.74 Å². The van der Waals surface area contributed by atoms with E-state index in [9.17, 15) is 0 Å². The van der Waals surface area contributed by atoms with Crippen molar-refractivity contribution in [2.75, 3.05) is 6.61 Å². The fourth-order valence-electron chi connectivity index (χ4n) is 1.51. The summed E-state index contributed by atoms with van der Waals surface area (Å²) in [5.74, 6) is 1.59. The zero-order valence-corrected chi connectivity index (χ0v) is 11.5. The molecule has 0 fully saturated rings. The Morgan fingerprint density at radius 2 is 1.93 bits per heavy atom. The Hall–Kier alpha value is -0.500. The maximum absolute atomic E-state index is 5.82. The average Bonchev–Trinajstić information content (AvgIpc) is 2.13. The number of halogens is 1. The fourth-order valence-corrected chi connectivity index (χ4v) is 2.23. The molecule has 0 saturated carbocycles. The van der Waals surface area contributed by atoms with Crippen molar-refractivity contribution in [2.45, 2.75) is 33.0 Å². The predicted octanol–water partition coefficient (Wildman–Crippen LogP) is 4.23. The molecule has 0 heterocycles. The van der Waals surface area contributed by atoms with Gasteiger partial charge in [0.1, 0.15) is 5.75 Å². The number of hydrogen-bond acceptors (Lipinski definition) is 1. The van der Waals surface area contributed by atoms with Crippen LogP contribution in [0.4, 0.5) is 0 Å². The van der Waals surface area contributed by atoms with Gasteiger partial charge in [0.2, 0.25) is 0 Å². The SMILES string of the molecule is Cc1cc(C)c(CBr)c(OCC(C)C)c1. The molecule has 1 nitrogen and oxygen atoms in total. The number of benzene rings is 1. The summed E-state index contributed by atoms with van der Waals surface area (Å²) in [4.78, 5) is 0. The van der Waals surface area contributed by atoms with Crippen molar-refractivity contribution in [2.24, 2.45) is 5.92 Å². The monoisotopic (exact) mass is 270 g/mol. The molecule has 0 amide bonds. The largest absolute Gasteiger partial charge is 0.493 e. The summed E-state index contributed by atoms with van der Waals surface area (Å²) in [6.45, 7) is 9.34. The number of hydrogen-bond donors (Lipinski definition) is 0. The first-order chi connectivity index (χ1) is 7.04. The van der Waals surface area contributed by atoms with Crippen molar-refractivity contribution >= 4 is 15.9 Å². The lowest BCUT2D eigenvalue weighted by Crippen LogP contribution is -2.06. The summed E-state index contributed by atoms with van der Waals surface area (Å²) < 4.78 is 5.82. The highest BCUT2D eigenvalue weighted by Gasteiger charge is 2.07. The third kappa shape index (κ3) is 3.53. The Balaban J connectivity index is 2.93. The number of aryl methyl sites for hydroxylation is 2. The summed E-state index contributed by atoms with van der Waals surface area (Å²) in [5, 5.41) is 0.854. The first kappa shape index (κ1) is 12.6. The van der Waals surface area contributed by atoms with E-state index in [0.29, 0.717) is 5.92 Å². The third-order valence-electron chi connectivity index (χ3n) is 2.28. The maximum atomic E-state index is 5.82. The molecular weight excluding hydrogens is 252 g/mol. The molecule has 0 spiro atoms. The quantitative estimate of drug-likeness (QED) is 0.744. The molecule has 1 aromatic rings. The van der Waals surface area contributed by atoms with Crippen LogP contribution in [0.1, 0.15) is 30.5 Å². The van der Waals surface area contributed by atoms with Crippen molar-refractivity contribution in [1.82, 2.24) is 0 Å². The van der Waals surface area contributed by atoms with Crippen molar-refractivity contribution in [1.29, 1.82) is 0 Å². The number of rotatable bonds is 4. The van der Waals surface area contributed by atoms with Crippen LogP contribution in [0.15, 0.2) is 12.1 Å². The van der Waals surface area contributed by atoms with Gasteiger partial charge in [0.05, 0.1) is 6.61 Å². The molecule has 84 valence electrons. The van der Waals surface area contributed by atoms with Crippen molar-refractivity contribution < 1.29 is 4.74 Å². The fraction of sp³-hybridized carbons (Fsp3) is 0.538. The van der Waals surface area contributed by atoms with Gasteiger partial charge in [0.25, 0.3) is 0 Å².